The van der Waals surface area contributed by atoms with E-state index >= 15 is 0 Å². The number of anilines is 1. The van der Waals surface area contributed by atoms with Crippen LogP contribution in [0.2, 0.25) is 0 Å². The second-order valence-electron chi connectivity index (χ2n) is 13.8. The highest BCUT2D eigenvalue weighted by atomic mass is 33.1. The Hall–Kier alpha value is -2.57. The maximum absolute atomic E-state index is 14.9. The molecule has 4 bridgehead atoms. The molecule has 8 saturated heterocycles. The highest BCUT2D eigenvalue weighted by Crippen LogP contribution is 2.79. The van der Waals surface area contributed by atoms with Crippen molar-refractivity contribution in [2.24, 2.45) is 0 Å². The van der Waals surface area contributed by atoms with Gasteiger partial charge in [-0.05, 0) is 61.6 Å². The van der Waals surface area contributed by atoms with Crippen molar-refractivity contribution in [2.75, 3.05) is 32.6 Å². The molecule has 0 saturated carbocycles. The van der Waals surface area contributed by atoms with Gasteiger partial charge in [-0.1, -0.05) is 59.8 Å². The van der Waals surface area contributed by atoms with Gasteiger partial charge in [-0.2, -0.15) is 0 Å². The fraction of sp³-hybridized carbons (Fsp3) is 0.469. The smallest absolute Gasteiger partial charge is 0.265 e. The molecule has 10 aliphatic rings. The summed E-state index contributed by atoms with van der Waals surface area (Å²) in [4.78, 5) is 44.2. The molecule has 250 valence electrons. The number of likely N-dealkylation sites (N-methyl/N-ethyl adjacent to an activating group) is 2. The van der Waals surface area contributed by atoms with Gasteiger partial charge >= 0.3 is 0 Å². The molecule has 3 unspecified atom stereocenters. The molecule has 5 N–H and O–H groups in total. The van der Waals surface area contributed by atoms with E-state index in [-0.39, 0.29) is 6.42 Å². The van der Waals surface area contributed by atoms with Crippen LogP contribution >= 0.6 is 43.2 Å². The molecule has 48 heavy (non-hydrogen) atoms. The number of carbonyl (C=O) groups is 3. The summed E-state index contributed by atoms with van der Waals surface area (Å²) in [7, 11) is 7.81. The normalized spacial score (nSPS) is 45.7. The van der Waals surface area contributed by atoms with Gasteiger partial charge in [0.2, 0.25) is 9.74 Å². The zero-order valence-electron chi connectivity index (χ0n) is 25.7. The summed E-state index contributed by atoms with van der Waals surface area (Å²) in [6, 6.07) is 14.2. The topological polar surface area (TPSA) is 157 Å². The van der Waals surface area contributed by atoms with Crippen molar-refractivity contribution in [1.82, 2.24) is 19.6 Å². The molecule has 1 aliphatic carbocycles. The number of nitrogens with one attached hydrogen (secondary N) is 1. The van der Waals surface area contributed by atoms with Crippen LogP contribution in [0.3, 0.4) is 0 Å². The first-order valence-electron chi connectivity index (χ1n) is 15.6. The number of piperazine rings is 2. The van der Waals surface area contributed by atoms with Crippen molar-refractivity contribution in [3.63, 3.8) is 0 Å². The Morgan fingerprint density at radius 3 is 2.06 bits per heavy atom. The fourth-order valence-corrected chi connectivity index (χ4v) is 18.1. The summed E-state index contributed by atoms with van der Waals surface area (Å²) in [5.41, 5.74) is 0.176. The van der Waals surface area contributed by atoms with Crippen LogP contribution in [0.4, 0.5) is 5.69 Å². The first-order chi connectivity index (χ1) is 23.0. The van der Waals surface area contributed by atoms with Crippen LogP contribution in [0.15, 0.2) is 60.8 Å². The number of fused-ring (bicyclic) bond motifs is 11. The Morgan fingerprint density at radius 2 is 1.35 bits per heavy atom. The first kappa shape index (κ1) is 30.3. The summed E-state index contributed by atoms with van der Waals surface area (Å²) in [5, 5.41) is 51.9. The molecule has 8 fully saturated rings. The number of benzene rings is 2. The number of nitrogens with zero attached hydrogens (tertiary/aromatic N) is 4. The second-order valence-corrected chi connectivity index (χ2v) is 19.1. The highest BCUT2D eigenvalue weighted by Gasteiger charge is 2.92. The third-order valence-corrected chi connectivity index (χ3v) is 20.0. The molecule has 12 rings (SSSR count). The lowest BCUT2D eigenvalue weighted by molar-refractivity contribution is -0.169. The molecule has 10 atom stereocenters. The Morgan fingerprint density at radius 1 is 0.771 bits per heavy atom. The number of amides is 3. The van der Waals surface area contributed by atoms with Gasteiger partial charge in [-0.15, -0.1) is 0 Å². The van der Waals surface area contributed by atoms with Crippen LogP contribution in [0.25, 0.3) is 0 Å². The minimum Gasteiger partial charge on any atom is -0.392 e. The number of aliphatic hydroxyl groups excluding tert-OH is 4. The van der Waals surface area contributed by atoms with Crippen LogP contribution in [0.5, 0.6) is 0 Å². The standard InChI is InChI=1S/C32H31N5O7S4/c1-15-31-22(41)30(18-10-6-7-11-19(18)33-23(30)37(31)25(43)27(13-38,34(15)2)45-47-31)29-17-9-5-4-8-16(17)12-20(29)36-24(42)28(14-39)35(3)26(44)32(36,21(29)40)48-46-28/h4-11,20-23,33,38-41H,1,12-14H2,2-3H3/t20?,21-,22-,23?,27-,28-,29-,30?,31+,32-/m0/s1. The predicted molar refractivity (Wildman–Crippen MR) is 182 cm³/mol. The third kappa shape index (κ3) is 2.51. The fourth-order valence-electron chi connectivity index (χ4n) is 10.6. The van der Waals surface area contributed by atoms with Gasteiger partial charge in [0.15, 0.2) is 9.74 Å². The average molecular weight is 726 g/mol. The molecule has 3 amide bonds. The van der Waals surface area contributed by atoms with E-state index in [1.807, 2.05) is 48.5 Å². The molecule has 2 aromatic rings. The van der Waals surface area contributed by atoms with E-state index in [4.69, 9.17) is 0 Å². The molecule has 16 heteroatoms. The zero-order chi connectivity index (χ0) is 33.6. The van der Waals surface area contributed by atoms with Gasteiger partial charge in [-0.3, -0.25) is 19.3 Å². The summed E-state index contributed by atoms with van der Waals surface area (Å²) >= 11 is 0. The second kappa shape index (κ2) is 8.83. The van der Waals surface area contributed by atoms with E-state index in [0.717, 1.165) is 27.2 Å². The minimum absolute atomic E-state index is 0.276. The van der Waals surface area contributed by atoms with Gasteiger partial charge in [0.25, 0.3) is 17.7 Å². The van der Waals surface area contributed by atoms with Crippen LogP contribution in [0.1, 0.15) is 16.7 Å². The Balaban J connectivity index is 1.34. The van der Waals surface area contributed by atoms with Gasteiger partial charge in [0.05, 0.1) is 30.1 Å². The summed E-state index contributed by atoms with van der Waals surface area (Å²) < 4.78 is 0. The van der Waals surface area contributed by atoms with Crippen molar-refractivity contribution in [1.29, 1.82) is 0 Å². The van der Waals surface area contributed by atoms with Crippen molar-refractivity contribution in [3.8, 4) is 0 Å². The Bertz CT molecular complexity index is 1800. The maximum Gasteiger partial charge on any atom is 0.265 e. The summed E-state index contributed by atoms with van der Waals surface area (Å²) in [5.74, 6) is -1.38. The predicted octanol–water partition coefficient (Wildman–Crippen LogP) is 0.436. The molecular weight excluding hydrogens is 695 g/mol. The summed E-state index contributed by atoms with van der Waals surface area (Å²) in [6.45, 7) is 3.30. The van der Waals surface area contributed by atoms with Gasteiger partial charge < -0.3 is 40.4 Å². The lowest BCUT2D eigenvalue weighted by Gasteiger charge is -2.61. The lowest BCUT2D eigenvalue weighted by atomic mass is 9.51. The Labute approximate surface area is 291 Å². The largest absolute Gasteiger partial charge is 0.392 e. The van der Waals surface area contributed by atoms with E-state index in [9.17, 15) is 34.8 Å². The lowest BCUT2D eigenvalue weighted by Crippen LogP contribution is -2.78. The first-order valence-corrected chi connectivity index (χ1v) is 19.9. The molecule has 0 aromatic heterocycles. The van der Waals surface area contributed by atoms with E-state index in [0.29, 0.717) is 22.5 Å². The number of rotatable bonds is 3. The van der Waals surface area contributed by atoms with Gasteiger partial charge in [0, 0.05) is 25.5 Å². The van der Waals surface area contributed by atoms with E-state index in [1.54, 1.807) is 16.8 Å². The van der Waals surface area contributed by atoms with Crippen molar-refractivity contribution in [3.05, 3.63) is 77.5 Å². The summed E-state index contributed by atoms with van der Waals surface area (Å²) in [6.07, 6.45) is -3.70. The molecule has 9 aliphatic heterocycles. The highest BCUT2D eigenvalue weighted by molar-refractivity contribution is 8.78. The average Bonchev–Trinajstić information content (AvgIpc) is 3.75. The number of hydrogen-bond donors (Lipinski definition) is 5. The number of para-hydroxylation sites is 1. The minimum atomic E-state index is -1.78. The molecule has 9 heterocycles. The van der Waals surface area contributed by atoms with Crippen molar-refractivity contribution in [2.45, 2.75) is 61.2 Å². The Kier molecular flexibility index (Phi) is 5.57. The number of aliphatic hydroxyl groups is 4. The number of hydrogen-bond acceptors (Lipinski definition) is 13. The van der Waals surface area contributed by atoms with E-state index in [1.165, 1.54) is 38.4 Å². The van der Waals surface area contributed by atoms with Crippen molar-refractivity contribution < 1.29 is 34.8 Å². The maximum atomic E-state index is 14.9. The van der Waals surface area contributed by atoms with Gasteiger partial charge in [0.1, 0.15) is 18.4 Å². The van der Waals surface area contributed by atoms with E-state index in [2.05, 4.69) is 11.9 Å². The van der Waals surface area contributed by atoms with Crippen molar-refractivity contribution >= 4 is 66.6 Å². The van der Waals surface area contributed by atoms with Gasteiger partial charge in [-0.25, -0.2) is 0 Å². The molecule has 2 aromatic carbocycles. The monoisotopic (exact) mass is 725 g/mol. The molecule has 12 nitrogen and oxygen atoms in total. The van der Waals surface area contributed by atoms with E-state index < -0.39 is 85.7 Å². The number of carbonyl (C=O) groups excluding carboxylic acids is 3. The van der Waals surface area contributed by atoms with Crippen LogP contribution in [-0.4, -0.2) is 129 Å². The molecular formula is C32H31N5O7S4. The SMILES string of the molecule is C=C1N(C)[C@@]2(CO)SS[C@@]13[C@@H](O)C1([C@@]45c6ccccc6CC4N4C(=O)[C@]6(CO)SS[C@]4(C(=O)N6C)[C@H]5O)c4ccccc4NC1N3C2=O. The van der Waals surface area contributed by atoms with Crippen LogP contribution in [-0.2, 0) is 31.6 Å². The third-order valence-electron chi connectivity index (χ3n) is 12.7. The van der Waals surface area contributed by atoms with Crippen LogP contribution < -0.4 is 5.32 Å². The van der Waals surface area contributed by atoms with Crippen LogP contribution in [0, 0.1) is 0 Å². The molecule has 2 spiro atoms. The molecule has 0 radical (unpaired) electrons. The zero-order valence-corrected chi connectivity index (χ0v) is 29.0. The quantitative estimate of drug-likeness (QED) is 0.278.